The minimum Gasteiger partial charge on any atom is -0.340 e. The van der Waals surface area contributed by atoms with E-state index in [-0.39, 0.29) is 36.6 Å². The van der Waals surface area contributed by atoms with Crippen molar-refractivity contribution in [2.75, 3.05) is 6.54 Å². The monoisotopic (exact) mass is 354 g/mol. The number of nitrogens with zero attached hydrogens (tertiary/aromatic N) is 1. The van der Waals surface area contributed by atoms with Crippen molar-refractivity contribution >= 4 is 27.7 Å². The molecular weight excluding hydrogens is 339 g/mol. The topological polar surface area (TPSA) is 49.4 Å². The molecule has 6 heteroatoms. The number of nitrogens with one attached hydrogen (secondary N) is 1. The molecule has 1 aliphatic carbocycles. The second-order valence-electron chi connectivity index (χ2n) is 5.92. The summed E-state index contributed by atoms with van der Waals surface area (Å²) in [4.78, 5) is 26.0. The third-order valence-electron chi connectivity index (χ3n) is 4.23. The van der Waals surface area contributed by atoms with Gasteiger partial charge in [-0.25, -0.2) is 4.39 Å². The summed E-state index contributed by atoms with van der Waals surface area (Å²) in [5.74, 6) is -0.474. The van der Waals surface area contributed by atoms with E-state index in [4.69, 9.17) is 0 Å². The van der Waals surface area contributed by atoms with Gasteiger partial charge in [-0.05, 0) is 43.9 Å². The molecule has 0 bridgehead atoms. The maximum absolute atomic E-state index is 13.9. The Morgan fingerprint density at radius 2 is 2.14 bits per heavy atom. The Morgan fingerprint density at radius 1 is 1.43 bits per heavy atom. The van der Waals surface area contributed by atoms with Gasteiger partial charge in [0.25, 0.3) is 0 Å². The number of hydrogen-bond donors (Lipinski definition) is 1. The Bertz CT molecular complexity index is 618. The van der Waals surface area contributed by atoms with E-state index in [1.165, 1.54) is 11.0 Å². The number of amides is 2. The summed E-state index contributed by atoms with van der Waals surface area (Å²) >= 11 is 3.29. The zero-order valence-electron chi connectivity index (χ0n) is 11.7. The molecule has 0 radical (unpaired) electrons. The zero-order valence-corrected chi connectivity index (χ0v) is 13.2. The van der Waals surface area contributed by atoms with Gasteiger partial charge in [0, 0.05) is 16.6 Å². The molecule has 112 valence electrons. The average Bonchev–Trinajstić information content (AvgIpc) is 3.24. The van der Waals surface area contributed by atoms with Crippen molar-refractivity contribution < 1.29 is 14.0 Å². The van der Waals surface area contributed by atoms with Crippen molar-refractivity contribution in [2.45, 2.75) is 31.8 Å². The molecule has 1 aromatic carbocycles. The largest absolute Gasteiger partial charge is 0.340 e. The predicted octanol–water partition coefficient (Wildman–Crippen LogP) is 2.22. The van der Waals surface area contributed by atoms with Gasteiger partial charge < -0.3 is 10.2 Å². The van der Waals surface area contributed by atoms with Crippen LogP contribution in [0.15, 0.2) is 22.7 Å². The Labute approximate surface area is 130 Å². The van der Waals surface area contributed by atoms with Crippen LogP contribution in [0, 0.1) is 11.7 Å². The van der Waals surface area contributed by atoms with Crippen LogP contribution >= 0.6 is 15.9 Å². The van der Waals surface area contributed by atoms with Crippen molar-refractivity contribution in [2.24, 2.45) is 5.92 Å². The van der Waals surface area contributed by atoms with Crippen molar-refractivity contribution in [3.05, 3.63) is 34.1 Å². The fourth-order valence-corrected chi connectivity index (χ4v) is 3.30. The molecule has 1 atom stereocenters. The molecule has 1 heterocycles. The third-order valence-corrected chi connectivity index (χ3v) is 4.72. The molecule has 1 unspecified atom stereocenters. The lowest BCUT2D eigenvalue weighted by Crippen LogP contribution is -2.66. The van der Waals surface area contributed by atoms with Crippen LogP contribution in [0.5, 0.6) is 0 Å². The van der Waals surface area contributed by atoms with E-state index in [0.29, 0.717) is 5.56 Å². The fraction of sp³-hybridized carbons (Fsp3) is 0.467. The first-order valence-electron chi connectivity index (χ1n) is 6.94. The number of benzene rings is 1. The highest BCUT2D eigenvalue weighted by molar-refractivity contribution is 9.10. The molecule has 0 aromatic heterocycles. The molecule has 4 nitrogen and oxygen atoms in total. The number of hydrogen-bond acceptors (Lipinski definition) is 2. The number of halogens is 2. The number of piperazine rings is 1. The first-order chi connectivity index (χ1) is 9.90. The standard InChI is InChI=1S/C15H16BrFN2O2/c1-15(10-2-3-10)14(21)19(8-13(20)18-15)7-9-6-11(16)4-5-12(9)17/h4-6,10H,2-3,7-8H2,1H3,(H,18,20). The lowest BCUT2D eigenvalue weighted by Gasteiger charge is -2.40. The van der Waals surface area contributed by atoms with E-state index in [9.17, 15) is 14.0 Å². The van der Waals surface area contributed by atoms with E-state index >= 15 is 0 Å². The molecule has 1 N–H and O–H groups in total. The zero-order chi connectivity index (χ0) is 15.2. The molecule has 1 aliphatic heterocycles. The van der Waals surface area contributed by atoms with Crippen LogP contribution in [0.1, 0.15) is 25.3 Å². The van der Waals surface area contributed by atoms with Crippen LogP contribution < -0.4 is 5.32 Å². The van der Waals surface area contributed by atoms with Gasteiger partial charge in [0.1, 0.15) is 11.4 Å². The van der Waals surface area contributed by atoms with Crippen LogP contribution in [0.25, 0.3) is 0 Å². The van der Waals surface area contributed by atoms with E-state index in [1.807, 2.05) is 0 Å². The van der Waals surface area contributed by atoms with Crippen LogP contribution in [0.2, 0.25) is 0 Å². The highest BCUT2D eigenvalue weighted by atomic mass is 79.9. The quantitative estimate of drug-likeness (QED) is 0.904. The van der Waals surface area contributed by atoms with Gasteiger partial charge >= 0.3 is 0 Å². The average molecular weight is 355 g/mol. The Balaban J connectivity index is 1.85. The molecule has 1 saturated carbocycles. The van der Waals surface area contributed by atoms with E-state index in [1.54, 1.807) is 19.1 Å². The van der Waals surface area contributed by atoms with Gasteiger partial charge in [0.2, 0.25) is 11.8 Å². The summed E-state index contributed by atoms with van der Waals surface area (Å²) in [6.07, 6.45) is 1.89. The third kappa shape index (κ3) is 2.69. The summed E-state index contributed by atoms with van der Waals surface area (Å²) in [7, 11) is 0. The predicted molar refractivity (Wildman–Crippen MR) is 78.8 cm³/mol. The van der Waals surface area contributed by atoms with Gasteiger partial charge in [-0.1, -0.05) is 15.9 Å². The maximum atomic E-state index is 13.9. The van der Waals surface area contributed by atoms with Gasteiger partial charge in [-0.15, -0.1) is 0 Å². The van der Waals surface area contributed by atoms with E-state index in [0.717, 1.165) is 17.3 Å². The van der Waals surface area contributed by atoms with E-state index < -0.39 is 5.54 Å². The van der Waals surface area contributed by atoms with Gasteiger partial charge in [-0.2, -0.15) is 0 Å². The molecule has 1 saturated heterocycles. The van der Waals surface area contributed by atoms with Crippen LogP contribution in [0.3, 0.4) is 0 Å². The van der Waals surface area contributed by atoms with Crippen molar-refractivity contribution in [3.63, 3.8) is 0 Å². The minimum atomic E-state index is -0.835. The first kappa shape index (κ1) is 14.5. The van der Waals surface area contributed by atoms with Crippen molar-refractivity contribution in [1.82, 2.24) is 10.2 Å². The second kappa shape index (κ2) is 5.09. The molecule has 2 fully saturated rings. The molecule has 2 aliphatic rings. The Kier molecular flexibility index (Phi) is 3.51. The molecular formula is C15H16BrFN2O2. The molecule has 0 spiro atoms. The molecule has 21 heavy (non-hydrogen) atoms. The Morgan fingerprint density at radius 3 is 2.81 bits per heavy atom. The first-order valence-corrected chi connectivity index (χ1v) is 7.74. The number of carbonyl (C=O) groups excluding carboxylic acids is 2. The molecule has 3 rings (SSSR count). The van der Waals surface area contributed by atoms with E-state index in [2.05, 4.69) is 21.2 Å². The molecule has 2 amide bonds. The van der Waals surface area contributed by atoms with Crippen molar-refractivity contribution in [3.8, 4) is 0 Å². The highest BCUT2D eigenvalue weighted by Crippen LogP contribution is 2.41. The fourth-order valence-electron chi connectivity index (χ4n) is 2.89. The smallest absolute Gasteiger partial charge is 0.249 e. The van der Waals surface area contributed by atoms with Gasteiger partial charge in [0.15, 0.2) is 0 Å². The molecule has 1 aromatic rings. The SMILES string of the molecule is CC1(C2CC2)NC(=O)CN(Cc2cc(Br)ccc2F)C1=O. The second-order valence-corrected chi connectivity index (χ2v) is 6.84. The summed E-state index contributed by atoms with van der Waals surface area (Å²) < 4.78 is 14.6. The summed E-state index contributed by atoms with van der Waals surface area (Å²) in [5, 5.41) is 2.81. The minimum absolute atomic E-state index is 0.0207. The Hall–Kier alpha value is -1.43. The lowest BCUT2D eigenvalue weighted by molar-refractivity contribution is -0.150. The highest BCUT2D eigenvalue weighted by Gasteiger charge is 2.52. The summed E-state index contributed by atoms with van der Waals surface area (Å²) in [6.45, 7) is 1.86. The number of carbonyl (C=O) groups is 2. The summed E-state index contributed by atoms with van der Waals surface area (Å²) in [5.41, 5.74) is -0.428. The lowest BCUT2D eigenvalue weighted by atomic mass is 9.91. The van der Waals surface area contributed by atoms with Gasteiger partial charge in [0.05, 0.1) is 6.54 Å². The number of rotatable bonds is 3. The van der Waals surface area contributed by atoms with Crippen LogP contribution in [-0.4, -0.2) is 28.8 Å². The maximum Gasteiger partial charge on any atom is 0.249 e. The van der Waals surface area contributed by atoms with Gasteiger partial charge in [-0.3, -0.25) is 9.59 Å². The van der Waals surface area contributed by atoms with Crippen LogP contribution in [0.4, 0.5) is 4.39 Å². The van der Waals surface area contributed by atoms with Crippen molar-refractivity contribution in [1.29, 1.82) is 0 Å². The van der Waals surface area contributed by atoms with Crippen LogP contribution in [-0.2, 0) is 16.1 Å². The normalized spacial score (nSPS) is 26.0. The summed E-state index contributed by atoms with van der Waals surface area (Å²) in [6, 6.07) is 4.61.